The number of hydrogen-bond donors (Lipinski definition) is 0. The number of piperidine rings is 1. The lowest BCUT2D eigenvalue weighted by molar-refractivity contribution is -0.138. The third-order valence-corrected chi connectivity index (χ3v) is 7.60. The molecule has 0 N–H and O–H groups in total. The lowest BCUT2D eigenvalue weighted by atomic mass is 9.98. The monoisotopic (exact) mass is 376 g/mol. The number of halogens is 1. The van der Waals surface area contributed by atoms with Gasteiger partial charge in [-0.3, -0.25) is 9.59 Å². The zero-order valence-corrected chi connectivity index (χ0v) is 15.8. The molecule has 140 valence electrons. The number of carbonyl (C=O) groups excluding carboxylic acids is 2. The predicted molar refractivity (Wildman–Crippen MR) is 100 cm³/mol. The standard InChI is InChI=1S/C20H25FN2O2S/c21-17-7-3-6-16(14-17)18(24)22-10-8-20(9-11-22)23(12-13-26-20)19(25)15-4-1-2-5-15/h3,6-7,14-15H,1-2,4-5,8-13H2. The molecule has 3 aliphatic rings. The van der Waals surface area contributed by atoms with Crippen molar-refractivity contribution in [1.82, 2.24) is 9.80 Å². The van der Waals surface area contributed by atoms with Crippen molar-refractivity contribution in [2.75, 3.05) is 25.4 Å². The van der Waals surface area contributed by atoms with Crippen LogP contribution >= 0.6 is 11.8 Å². The third-order valence-electron chi connectivity index (χ3n) is 6.05. The van der Waals surface area contributed by atoms with E-state index in [1.165, 1.54) is 25.0 Å². The first-order valence-corrected chi connectivity index (χ1v) is 10.6. The summed E-state index contributed by atoms with van der Waals surface area (Å²) in [6.07, 6.45) is 6.00. The second kappa shape index (κ2) is 7.22. The molecule has 0 unspecified atom stereocenters. The summed E-state index contributed by atoms with van der Waals surface area (Å²) in [4.78, 5) is 29.4. The van der Waals surface area contributed by atoms with E-state index in [0.29, 0.717) is 24.6 Å². The number of amides is 2. The largest absolute Gasteiger partial charge is 0.338 e. The van der Waals surface area contributed by atoms with E-state index in [-0.39, 0.29) is 22.5 Å². The molecular formula is C20H25FN2O2S. The van der Waals surface area contributed by atoms with Gasteiger partial charge in [-0.1, -0.05) is 18.9 Å². The van der Waals surface area contributed by atoms with E-state index in [1.807, 2.05) is 11.8 Å². The second-order valence-corrected chi connectivity index (χ2v) is 9.03. The van der Waals surface area contributed by atoms with Gasteiger partial charge in [-0.2, -0.15) is 0 Å². The van der Waals surface area contributed by atoms with Gasteiger partial charge in [-0.15, -0.1) is 11.8 Å². The molecule has 26 heavy (non-hydrogen) atoms. The van der Waals surface area contributed by atoms with Crippen molar-refractivity contribution < 1.29 is 14.0 Å². The Hall–Kier alpha value is -1.56. The maximum Gasteiger partial charge on any atom is 0.253 e. The molecule has 6 heteroatoms. The zero-order valence-electron chi connectivity index (χ0n) is 15.0. The summed E-state index contributed by atoms with van der Waals surface area (Å²) in [5, 5.41) is 0. The summed E-state index contributed by atoms with van der Waals surface area (Å²) in [5.41, 5.74) is 0.402. The van der Waals surface area contributed by atoms with Gasteiger partial charge in [0.2, 0.25) is 5.91 Å². The lowest BCUT2D eigenvalue weighted by Crippen LogP contribution is -2.54. The van der Waals surface area contributed by atoms with Crippen LogP contribution in [0.25, 0.3) is 0 Å². The Morgan fingerprint density at radius 2 is 1.85 bits per heavy atom. The highest BCUT2D eigenvalue weighted by Crippen LogP contribution is 2.45. The first-order chi connectivity index (χ1) is 12.6. The highest BCUT2D eigenvalue weighted by Gasteiger charge is 2.48. The molecule has 1 aromatic rings. The molecule has 0 radical (unpaired) electrons. The molecule has 1 aromatic carbocycles. The van der Waals surface area contributed by atoms with Gasteiger partial charge in [0.15, 0.2) is 0 Å². The van der Waals surface area contributed by atoms with E-state index < -0.39 is 0 Å². The van der Waals surface area contributed by atoms with Gasteiger partial charge in [0.25, 0.3) is 5.91 Å². The maximum absolute atomic E-state index is 13.4. The number of benzene rings is 1. The van der Waals surface area contributed by atoms with Crippen molar-refractivity contribution in [3.63, 3.8) is 0 Å². The van der Waals surface area contributed by atoms with Gasteiger partial charge in [0.05, 0.1) is 4.87 Å². The lowest BCUT2D eigenvalue weighted by Gasteiger charge is -2.44. The molecule has 2 aliphatic heterocycles. The van der Waals surface area contributed by atoms with Crippen LogP contribution in [0.2, 0.25) is 0 Å². The van der Waals surface area contributed by atoms with Crippen LogP contribution in [-0.2, 0) is 4.79 Å². The fourth-order valence-electron chi connectivity index (χ4n) is 4.59. The van der Waals surface area contributed by atoms with E-state index in [1.54, 1.807) is 17.0 Å². The van der Waals surface area contributed by atoms with E-state index >= 15 is 0 Å². The smallest absolute Gasteiger partial charge is 0.253 e. The molecule has 1 spiro atoms. The molecule has 1 aliphatic carbocycles. The van der Waals surface area contributed by atoms with Crippen LogP contribution < -0.4 is 0 Å². The predicted octanol–water partition coefficient (Wildman–Crippen LogP) is 3.52. The first-order valence-electron chi connectivity index (χ1n) is 9.59. The molecule has 2 heterocycles. The second-order valence-electron chi connectivity index (χ2n) is 7.57. The van der Waals surface area contributed by atoms with Crippen LogP contribution in [-0.4, -0.2) is 51.9 Å². The van der Waals surface area contributed by atoms with E-state index in [9.17, 15) is 14.0 Å². The Morgan fingerprint density at radius 3 is 2.54 bits per heavy atom. The highest BCUT2D eigenvalue weighted by atomic mass is 32.2. The molecule has 4 nitrogen and oxygen atoms in total. The summed E-state index contributed by atoms with van der Waals surface area (Å²) in [5.74, 6) is 1.02. The Morgan fingerprint density at radius 1 is 1.12 bits per heavy atom. The number of carbonyl (C=O) groups is 2. The van der Waals surface area contributed by atoms with Crippen LogP contribution in [0.4, 0.5) is 4.39 Å². The normalized spacial score (nSPS) is 23.0. The fourth-order valence-corrected chi connectivity index (χ4v) is 6.05. The van der Waals surface area contributed by atoms with Gasteiger partial charge in [-0.05, 0) is 43.9 Å². The third kappa shape index (κ3) is 3.24. The topological polar surface area (TPSA) is 40.6 Å². The summed E-state index contributed by atoms with van der Waals surface area (Å²) in [6.45, 7) is 2.07. The summed E-state index contributed by atoms with van der Waals surface area (Å²) >= 11 is 1.88. The van der Waals surface area contributed by atoms with Crippen LogP contribution in [0, 0.1) is 11.7 Å². The van der Waals surface area contributed by atoms with E-state index in [4.69, 9.17) is 0 Å². The summed E-state index contributed by atoms with van der Waals surface area (Å²) in [6, 6.07) is 5.88. The number of nitrogens with zero attached hydrogens (tertiary/aromatic N) is 2. The average Bonchev–Trinajstić information content (AvgIpc) is 3.32. The van der Waals surface area contributed by atoms with E-state index in [0.717, 1.165) is 38.0 Å². The van der Waals surface area contributed by atoms with Crippen molar-refractivity contribution in [1.29, 1.82) is 0 Å². The van der Waals surface area contributed by atoms with Crippen LogP contribution in [0.5, 0.6) is 0 Å². The fraction of sp³-hybridized carbons (Fsp3) is 0.600. The molecule has 3 fully saturated rings. The average molecular weight is 376 g/mol. The minimum atomic E-state index is -0.385. The van der Waals surface area contributed by atoms with Gasteiger partial charge in [0, 0.05) is 36.9 Å². The van der Waals surface area contributed by atoms with Crippen molar-refractivity contribution in [3.8, 4) is 0 Å². The molecule has 0 atom stereocenters. The quantitative estimate of drug-likeness (QED) is 0.793. The van der Waals surface area contributed by atoms with Crippen LogP contribution in [0.1, 0.15) is 48.9 Å². The SMILES string of the molecule is O=C(c1cccc(F)c1)N1CCC2(CC1)SCCN2C(=O)C1CCCC1. The Kier molecular flexibility index (Phi) is 4.95. The molecular weight excluding hydrogens is 351 g/mol. The summed E-state index contributed by atoms with van der Waals surface area (Å²) < 4.78 is 13.4. The van der Waals surface area contributed by atoms with Gasteiger partial charge in [-0.25, -0.2) is 4.39 Å². The Bertz CT molecular complexity index is 697. The van der Waals surface area contributed by atoms with Gasteiger partial charge < -0.3 is 9.80 Å². The minimum Gasteiger partial charge on any atom is -0.338 e. The maximum atomic E-state index is 13.4. The van der Waals surface area contributed by atoms with Gasteiger partial charge >= 0.3 is 0 Å². The molecule has 2 amide bonds. The highest BCUT2D eigenvalue weighted by molar-refractivity contribution is 8.00. The molecule has 0 aromatic heterocycles. The van der Waals surface area contributed by atoms with Crippen molar-refractivity contribution in [2.24, 2.45) is 5.92 Å². The first kappa shape index (κ1) is 17.8. The molecule has 0 bridgehead atoms. The Balaban J connectivity index is 1.43. The number of likely N-dealkylation sites (tertiary alicyclic amines) is 1. The zero-order chi connectivity index (χ0) is 18.1. The number of thioether (sulfide) groups is 1. The van der Waals surface area contributed by atoms with Crippen molar-refractivity contribution in [2.45, 2.75) is 43.4 Å². The van der Waals surface area contributed by atoms with Crippen molar-refractivity contribution in [3.05, 3.63) is 35.6 Å². The van der Waals surface area contributed by atoms with E-state index in [2.05, 4.69) is 4.90 Å². The molecule has 2 saturated heterocycles. The molecule has 4 rings (SSSR count). The summed E-state index contributed by atoms with van der Waals surface area (Å²) in [7, 11) is 0. The number of rotatable bonds is 2. The van der Waals surface area contributed by atoms with Gasteiger partial charge in [0.1, 0.15) is 5.82 Å². The number of hydrogen-bond acceptors (Lipinski definition) is 3. The van der Waals surface area contributed by atoms with Crippen LogP contribution in [0.3, 0.4) is 0 Å². The minimum absolute atomic E-state index is 0.115. The Labute approximate surface area is 158 Å². The van der Waals surface area contributed by atoms with Crippen molar-refractivity contribution >= 4 is 23.6 Å². The van der Waals surface area contributed by atoms with Crippen LogP contribution in [0.15, 0.2) is 24.3 Å². The molecule has 1 saturated carbocycles.